The van der Waals surface area contributed by atoms with Crippen LogP contribution in [0.2, 0.25) is 0 Å². The van der Waals surface area contributed by atoms with E-state index in [-0.39, 0.29) is 18.2 Å². The Morgan fingerprint density at radius 2 is 2.33 bits per heavy atom. The molecule has 12 heavy (non-hydrogen) atoms. The summed E-state index contributed by atoms with van der Waals surface area (Å²) in [6.07, 6.45) is 2.16. The highest BCUT2D eigenvalue weighted by atomic mass is 16.4. The zero-order valence-electron chi connectivity index (χ0n) is 6.88. The molecule has 0 spiro atoms. The summed E-state index contributed by atoms with van der Waals surface area (Å²) >= 11 is 0. The summed E-state index contributed by atoms with van der Waals surface area (Å²) in [5, 5.41) is 11.2. The molecule has 1 fully saturated rings. The molecule has 0 aliphatic carbocycles. The lowest BCUT2D eigenvalue weighted by molar-refractivity contribution is -0.138. The third-order valence-electron chi connectivity index (χ3n) is 2.12. The van der Waals surface area contributed by atoms with Crippen molar-refractivity contribution in [1.82, 2.24) is 5.32 Å². The molecule has 0 unspecified atom stereocenters. The van der Waals surface area contributed by atoms with Crippen LogP contribution in [0.5, 0.6) is 0 Å². The molecule has 1 saturated heterocycles. The molecule has 1 heterocycles. The van der Waals surface area contributed by atoms with Crippen molar-refractivity contribution in [3.05, 3.63) is 0 Å². The van der Waals surface area contributed by atoms with Crippen LogP contribution in [-0.2, 0) is 9.59 Å². The van der Waals surface area contributed by atoms with Crippen LogP contribution in [0.25, 0.3) is 0 Å². The van der Waals surface area contributed by atoms with Crippen molar-refractivity contribution in [2.45, 2.75) is 25.7 Å². The van der Waals surface area contributed by atoms with Gasteiger partial charge in [-0.1, -0.05) is 0 Å². The van der Waals surface area contributed by atoms with Crippen molar-refractivity contribution < 1.29 is 14.7 Å². The zero-order chi connectivity index (χ0) is 8.97. The van der Waals surface area contributed by atoms with E-state index in [1.807, 2.05) is 0 Å². The molecule has 2 N–H and O–H groups in total. The molecule has 0 radical (unpaired) electrons. The van der Waals surface area contributed by atoms with E-state index < -0.39 is 5.97 Å². The van der Waals surface area contributed by atoms with Crippen molar-refractivity contribution in [2.75, 3.05) is 6.54 Å². The van der Waals surface area contributed by atoms with Crippen LogP contribution in [0.3, 0.4) is 0 Å². The molecule has 0 aromatic heterocycles. The number of amides is 1. The van der Waals surface area contributed by atoms with Gasteiger partial charge in [0, 0.05) is 19.4 Å². The van der Waals surface area contributed by atoms with Crippen LogP contribution in [0.15, 0.2) is 0 Å². The molecule has 1 amide bonds. The zero-order valence-corrected chi connectivity index (χ0v) is 6.88. The van der Waals surface area contributed by atoms with Gasteiger partial charge in [0.25, 0.3) is 0 Å². The van der Waals surface area contributed by atoms with Crippen LogP contribution in [0, 0.1) is 5.92 Å². The van der Waals surface area contributed by atoms with Gasteiger partial charge >= 0.3 is 5.97 Å². The van der Waals surface area contributed by atoms with Gasteiger partial charge in [-0.25, -0.2) is 0 Å². The Morgan fingerprint density at radius 1 is 1.58 bits per heavy atom. The minimum absolute atomic E-state index is 0.0443. The van der Waals surface area contributed by atoms with Gasteiger partial charge in [0.05, 0.1) is 0 Å². The maximum absolute atomic E-state index is 10.9. The molecule has 1 aliphatic rings. The van der Waals surface area contributed by atoms with E-state index in [0.29, 0.717) is 19.4 Å². The average Bonchev–Trinajstić information content (AvgIpc) is 2.15. The summed E-state index contributed by atoms with van der Waals surface area (Å²) < 4.78 is 0. The predicted molar refractivity (Wildman–Crippen MR) is 42.6 cm³/mol. The third kappa shape index (κ3) is 2.90. The van der Waals surface area contributed by atoms with Crippen molar-refractivity contribution in [1.29, 1.82) is 0 Å². The number of rotatable bonds is 2. The number of carbonyl (C=O) groups excluding carboxylic acids is 1. The van der Waals surface area contributed by atoms with Gasteiger partial charge in [-0.05, 0) is 18.8 Å². The van der Waals surface area contributed by atoms with Crippen molar-refractivity contribution in [2.24, 2.45) is 5.92 Å². The fraction of sp³-hybridized carbons (Fsp3) is 0.750. The van der Waals surface area contributed by atoms with Crippen molar-refractivity contribution in [3.63, 3.8) is 0 Å². The predicted octanol–water partition coefficient (Wildman–Crippen LogP) is 0.377. The summed E-state index contributed by atoms with van der Waals surface area (Å²) in [7, 11) is 0. The minimum atomic E-state index is -0.769. The van der Waals surface area contributed by atoms with E-state index in [1.54, 1.807) is 0 Å². The normalized spacial score (nSPS) is 24.3. The first-order valence-electron chi connectivity index (χ1n) is 4.17. The summed E-state index contributed by atoms with van der Waals surface area (Å²) in [5.41, 5.74) is 0. The maximum Gasteiger partial charge on any atom is 0.303 e. The number of hydrogen-bond donors (Lipinski definition) is 2. The fourth-order valence-corrected chi connectivity index (χ4v) is 1.43. The molecule has 0 aromatic carbocycles. The number of aliphatic carboxylic acids is 1. The smallest absolute Gasteiger partial charge is 0.303 e. The number of carboxylic acids is 1. The van der Waals surface area contributed by atoms with Gasteiger partial charge in [-0.15, -0.1) is 0 Å². The highest BCUT2D eigenvalue weighted by Gasteiger charge is 2.17. The monoisotopic (exact) mass is 171 g/mol. The number of carboxylic acid groups (broad SMARTS) is 1. The molecule has 4 heteroatoms. The fourth-order valence-electron chi connectivity index (χ4n) is 1.43. The van der Waals surface area contributed by atoms with E-state index in [4.69, 9.17) is 5.11 Å². The SMILES string of the molecule is O=C(O)C[C@@H]1CCNC(=O)CC1. The van der Waals surface area contributed by atoms with Gasteiger partial charge in [0.2, 0.25) is 5.91 Å². The topological polar surface area (TPSA) is 66.4 Å². The number of hydrogen-bond acceptors (Lipinski definition) is 2. The first-order valence-corrected chi connectivity index (χ1v) is 4.17. The number of nitrogens with one attached hydrogen (secondary N) is 1. The van der Waals surface area contributed by atoms with Crippen LogP contribution in [-0.4, -0.2) is 23.5 Å². The Morgan fingerprint density at radius 3 is 3.00 bits per heavy atom. The molecule has 4 nitrogen and oxygen atoms in total. The molecule has 68 valence electrons. The summed E-state index contributed by atoms with van der Waals surface area (Å²) in [4.78, 5) is 21.2. The van der Waals surface area contributed by atoms with Gasteiger partial charge in [-0.2, -0.15) is 0 Å². The summed E-state index contributed by atoms with van der Waals surface area (Å²) in [6.45, 7) is 0.622. The van der Waals surface area contributed by atoms with Crippen LogP contribution >= 0.6 is 0 Å². The summed E-state index contributed by atoms with van der Waals surface area (Å²) in [6, 6.07) is 0. The van der Waals surface area contributed by atoms with E-state index >= 15 is 0 Å². The summed E-state index contributed by atoms with van der Waals surface area (Å²) in [5.74, 6) is -0.557. The molecular formula is C8H13NO3. The maximum atomic E-state index is 10.9. The second kappa shape index (κ2) is 4.09. The highest BCUT2D eigenvalue weighted by molar-refractivity contribution is 5.76. The molecule has 1 rings (SSSR count). The number of carbonyl (C=O) groups is 2. The van der Waals surface area contributed by atoms with Gasteiger partial charge < -0.3 is 10.4 Å². The molecule has 0 bridgehead atoms. The Labute approximate surface area is 71.0 Å². The lowest BCUT2D eigenvalue weighted by atomic mass is 9.97. The largest absolute Gasteiger partial charge is 0.481 e. The second-order valence-electron chi connectivity index (χ2n) is 3.14. The molecule has 1 atom stereocenters. The van der Waals surface area contributed by atoms with E-state index in [0.717, 1.165) is 6.42 Å². The third-order valence-corrected chi connectivity index (χ3v) is 2.12. The molecular weight excluding hydrogens is 158 g/mol. The van der Waals surface area contributed by atoms with Crippen LogP contribution in [0.4, 0.5) is 0 Å². The average molecular weight is 171 g/mol. The first-order chi connectivity index (χ1) is 5.68. The van der Waals surface area contributed by atoms with Crippen LogP contribution < -0.4 is 5.32 Å². The van der Waals surface area contributed by atoms with E-state index in [1.165, 1.54) is 0 Å². The molecule has 0 aromatic rings. The Kier molecular flexibility index (Phi) is 3.08. The van der Waals surface area contributed by atoms with Gasteiger partial charge in [0.15, 0.2) is 0 Å². The van der Waals surface area contributed by atoms with Crippen molar-refractivity contribution >= 4 is 11.9 Å². The highest BCUT2D eigenvalue weighted by Crippen LogP contribution is 2.17. The standard InChI is InChI=1S/C8H13NO3/c10-7-2-1-6(3-4-9-7)5-8(11)12/h6H,1-5H2,(H,9,10)(H,11,12)/t6-/m0/s1. The Balaban J connectivity index is 2.35. The Hall–Kier alpha value is -1.06. The van der Waals surface area contributed by atoms with Gasteiger partial charge in [0.1, 0.15) is 0 Å². The Bertz CT molecular complexity index is 191. The van der Waals surface area contributed by atoms with Gasteiger partial charge in [-0.3, -0.25) is 9.59 Å². The molecule has 1 aliphatic heterocycles. The van der Waals surface area contributed by atoms with E-state index in [9.17, 15) is 9.59 Å². The second-order valence-corrected chi connectivity index (χ2v) is 3.14. The molecule has 0 saturated carbocycles. The quantitative estimate of drug-likeness (QED) is 0.631. The minimum Gasteiger partial charge on any atom is -0.481 e. The lowest BCUT2D eigenvalue weighted by Gasteiger charge is -2.08. The lowest BCUT2D eigenvalue weighted by Crippen LogP contribution is -2.21. The van der Waals surface area contributed by atoms with E-state index in [2.05, 4.69) is 5.32 Å². The first kappa shape index (κ1) is 9.03. The van der Waals surface area contributed by atoms with Crippen molar-refractivity contribution in [3.8, 4) is 0 Å². The van der Waals surface area contributed by atoms with Crippen LogP contribution in [0.1, 0.15) is 25.7 Å².